The van der Waals surface area contributed by atoms with Crippen LogP contribution in [0.15, 0.2) is 66.3 Å². The fourth-order valence-corrected chi connectivity index (χ4v) is 4.52. The molecule has 0 spiro atoms. The SMILES string of the molecule is CC1C=CC(CNC(=O)Nc2nnc(CCCCc3ccc(NC(=O)Cc4ccccc4)nn3)s2)=CC1. The number of carbonyl (C=O) groups excluding carboxylic acids is 2. The average molecular weight is 518 g/mol. The summed E-state index contributed by atoms with van der Waals surface area (Å²) in [5, 5.41) is 26.3. The van der Waals surface area contributed by atoms with Crippen molar-refractivity contribution in [1.82, 2.24) is 25.7 Å². The molecule has 3 aromatic rings. The van der Waals surface area contributed by atoms with Crippen molar-refractivity contribution in [2.45, 2.75) is 45.4 Å². The fraction of sp³-hybridized carbons (Fsp3) is 0.333. The Balaban J connectivity index is 1.12. The smallest absolute Gasteiger partial charge is 0.321 e. The highest BCUT2D eigenvalue weighted by Crippen LogP contribution is 2.18. The molecule has 3 N–H and O–H groups in total. The van der Waals surface area contributed by atoms with Gasteiger partial charge in [-0.15, -0.1) is 15.3 Å². The van der Waals surface area contributed by atoms with Crippen molar-refractivity contribution in [1.29, 1.82) is 0 Å². The Morgan fingerprint density at radius 2 is 1.81 bits per heavy atom. The number of aryl methyl sites for hydroxylation is 2. The van der Waals surface area contributed by atoms with Crippen LogP contribution < -0.4 is 16.0 Å². The predicted molar refractivity (Wildman–Crippen MR) is 145 cm³/mol. The van der Waals surface area contributed by atoms with E-state index in [2.05, 4.69) is 61.5 Å². The number of benzene rings is 1. The summed E-state index contributed by atoms with van der Waals surface area (Å²) in [7, 11) is 0. The number of nitrogens with zero attached hydrogens (tertiary/aromatic N) is 4. The number of amides is 3. The molecular formula is C27H31N7O2S. The molecule has 0 aliphatic heterocycles. The number of anilines is 2. The second-order valence-electron chi connectivity index (χ2n) is 8.99. The maximum absolute atomic E-state index is 12.2. The van der Waals surface area contributed by atoms with Crippen LogP contribution >= 0.6 is 11.3 Å². The molecule has 9 nitrogen and oxygen atoms in total. The Kier molecular flexibility index (Phi) is 9.47. The number of hydrogen-bond acceptors (Lipinski definition) is 7. The molecule has 1 aliphatic carbocycles. The van der Waals surface area contributed by atoms with E-state index in [9.17, 15) is 9.59 Å². The molecule has 37 heavy (non-hydrogen) atoms. The predicted octanol–water partition coefficient (Wildman–Crippen LogP) is 4.72. The number of aromatic nitrogens is 4. The standard InChI is InChI=1S/C27H31N7O2S/c1-19-11-13-21(14-12-19)18-28-26(36)30-27-34-33-25(37-27)10-6-5-9-22-15-16-23(32-31-22)29-24(35)17-20-7-3-2-4-8-20/h2-4,7-8,11,13-16,19H,5-6,9-10,12,17-18H2,1H3,(H,29,32,35)(H2,28,30,34,36). The molecule has 0 fully saturated rings. The van der Waals surface area contributed by atoms with Crippen LogP contribution in [0.2, 0.25) is 0 Å². The molecule has 1 atom stereocenters. The molecule has 0 radical (unpaired) electrons. The number of carbonyl (C=O) groups is 2. The zero-order valence-electron chi connectivity index (χ0n) is 20.8. The van der Waals surface area contributed by atoms with Crippen LogP contribution in [-0.4, -0.2) is 38.9 Å². The highest BCUT2D eigenvalue weighted by molar-refractivity contribution is 7.15. The molecule has 192 valence electrons. The Morgan fingerprint density at radius 3 is 2.57 bits per heavy atom. The molecule has 0 bridgehead atoms. The Bertz CT molecular complexity index is 1240. The number of allylic oxidation sites excluding steroid dienone is 2. The largest absolute Gasteiger partial charge is 0.334 e. The van der Waals surface area contributed by atoms with Crippen molar-refractivity contribution in [2.24, 2.45) is 5.92 Å². The Hall–Kier alpha value is -3.92. The van der Waals surface area contributed by atoms with E-state index in [0.29, 0.717) is 29.8 Å². The first-order valence-corrected chi connectivity index (χ1v) is 13.3. The van der Waals surface area contributed by atoms with Gasteiger partial charge in [-0.2, -0.15) is 5.10 Å². The van der Waals surface area contributed by atoms with Gasteiger partial charge in [0.05, 0.1) is 12.1 Å². The summed E-state index contributed by atoms with van der Waals surface area (Å²) < 4.78 is 0. The van der Waals surface area contributed by atoms with E-state index in [4.69, 9.17) is 0 Å². The van der Waals surface area contributed by atoms with Gasteiger partial charge in [0.1, 0.15) is 5.01 Å². The van der Waals surface area contributed by atoms with Crippen molar-refractivity contribution < 1.29 is 9.59 Å². The first-order chi connectivity index (χ1) is 18.0. The highest BCUT2D eigenvalue weighted by atomic mass is 32.1. The quantitative estimate of drug-likeness (QED) is 0.317. The van der Waals surface area contributed by atoms with E-state index in [1.807, 2.05) is 36.4 Å². The minimum Gasteiger partial charge on any atom is -0.334 e. The Morgan fingerprint density at radius 1 is 0.973 bits per heavy atom. The fourth-order valence-electron chi connectivity index (χ4n) is 3.74. The van der Waals surface area contributed by atoms with E-state index in [1.165, 1.54) is 11.3 Å². The average Bonchev–Trinajstić information content (AvgIpc) is 3.34. The second kappa shape index (κ2) is 13.4. The first kappa shape index (κ1) is 26.2. The third kappa shape index (κ3) is 8.91. The summed E-state index contributed by atoms with van der Waals surface area (Å²) in [6.45, 7) is 2.66. The number of urea groups is 1. The second-order valence-corrected chi connectivity index (χ2v) is 10.0. The zero-order valence-corrected chi connectivity index (χ0v) is 21.6. The van der Waals surface area contributed by atoms with Gasteiger partial charge in [-0.1, -0.05) is 66.8 Å². The van der Waals surface area contributed by atoms with Gasteiger partial charge in [0.15, 0.2) is 5.82 Å². The monoisotopic (exact) mass is 517 g/mol. The van der Waals surface area contributed by atoms with Gasteiger partial charge in [0.2, 0.25) is 11.0 Å². The highest BCUT2D eigenvalue weighted by Gasteiger charge is 2.10. The van der Waals surface area contributed by atoms with Gasteiger partial charge >= 0.3 is 6.03 Å². The zero-order chi connectivity index (χ0) is 25.9. The van der Waals surface area contributed by atoms with Crippen molar-refractivity contribution >= 4 is 34.2 Å². The lowest BCUT2D eigenvalue weighted by Crippen LogP contribution is -2.30. The van der Waals surface area contributed by atoms with Crippen molar-refractivity contribution in [2.75, 3.05) is 17.2 Å². The van der Waals surface area contributed by atoms with Crippen molar-refractivity contribution in [3.63, 3.8) is 0 Å². The molecule has 0 saturated carbocycles. The maximum atomic E-state index is 12.2. The van der Waals surface area contributed by atoms with Crippen LogP contribution in [0.25, 0.3) is 0 Å². The van der Waals surface area contributed by atoms with Gasteiger partial charge in [0, 0.05) is 13.0 Å². The third-order valence-electron chi connectivity index (χ3n) is 5.80. The minimum absolute atomic E-state index is 0.120. The normalized spacial score (nSPS) is 14.6. The Labute approximate surface area is 220 Å². The molecule has 1 aromatic carbocycles. The topological polar surface area (TPSA) is 122 Å². The summed E-state index contributed by atoms with van der Waals surface area (Å²) >= 11 is 1.39. The maximum Gasteiger partial charge on any atom is 0.321 e. The lowest BCUT2D eigenvalue weighted by atomic mass is 9.99. The molecule has 10 heteroatoms. The third-order valence-corrected chi connectivity index (χ3v) is 6.70. The molecule has 1 aliphatic rings. The van der Waals surface area contributed by atoms with Crippen molar-refractivity contribution in [3.05, 3.63) is 82.5 Å². The summed E-state index contributed by atoms with van der Waals surface area (Å²) in [6.07, 6.45) is 11.0. The lowest BCUT2D eigenvalue weighted by Gasteiger charge is -2.12. The van der Waals surface area contributed by atoms with Crippen LogP contribution in [-0.2, 0) is 24.1 Å². The van der Waals surface area contributed by atoms with Crippen molar-refractivity contribution in [3.8, 4) is 0 Å². The van der Waals surface area contributed by atoms with Crippen LogP contribution in [0.4, 0.5) is 15.7 Å². The minimum atomic E-state index is -0.283. The van der Waals surface area contributed by atoms with Crippen LogP contribution in [0.3, 0.4) is 0 Å². The van der Waals surface area contributed by atoms with E-state index < -0.39 is 0 Å². The number of hydrogen-bond donors (Lipinski definition) is 3. The van der Waals surface area contributed by atoms with E-state index in [0.717, 1.165) is 53.9 Å². The summed E-state index contributed by atoms with van der Waals surface area (Å²) in [5.41, 5.74) is 2.93. The molecule has 2 aromatic heterocycles. The molecule has 0 saturated heterocycles. The lowest BCUT2D eigenvalue weighted by molar-refractivity contribution is -0.115. The van der Waals surface area contributed by atoms with E-state index in [-0.39, 0.29) is 11.9 Å². The van der Waals surface area contributed by atoms with Gasteiger partial charge in [-0.3, -0.25) is 10.1 Å². The number of nitrogens with one attached hydrogen (secondary N) is 3. The van der Waals surface area contributed by atoms with Gasteiger partial charge < -0.3 is 10.6 Å². The molecular weight excluding hydrogens is 486 g/mol. The van der Waals surface area contributed by atoms with Gasteiger partial charge in [0.25, 0.3) is 0 Å². The molecule has 3 amide bonds. The first-order valence-electron chi connectivity index (χ1n) is 12.4. The van der Waals surface area contributed by atoms with Crippen LogP contribution in [0.5, 0.6) is 0 Å². The molecule has 2 heterocycles. The van der Waals surface area contributed by atoms with Crippen LogP contribution in [0.1, 0.15) is 42.5 Å². The van der Waals surface area contributed by atoms with Gasteiger partial charge in [-0.05, 0) is 54.9 Å². The summed E-state index contributed by atoms with van der Waals surface area (Å²) in [5.74, 6) is 0.879. The summed E-state index contributed by atoms with van der Waals surface area (Å²) in [4.78, 5) is 24.3. The number of unbranched alkanes of at least 4 members (excludes halogenated alkanes) is 1. The number of rotatable bonds is 11. The molecule has 4 rings (SSSR count). The summed E-state index contributed by atoms with van der Waals surface area (Å²) in [6, 6.07) is 13.0. The van der Waals surface area contributed by atoms with Crippen LogP contribution in [0, 0.1) is 5.92 Å². The van der Waals surface area contributed by atoms with E-state index in [1.54, 1.807) is 6.07 Å². The molecule has 1 unspecified atom stereocenters. The van der Waals surface area contributed by atoms with E-state index >= 15 is 0 Å². The van der Waals surface area contributed by atoms with Gasteiger partial charge in [-0.25, -0.2) is 4.79 Å².